The summed E-state index contributed by atoms with van der Waals surface area (Å²) in [5, 5.41) is 12.4. The number of carbonyl (C=O) groups is 1. The molecule has 4 rings (SSSR count). The molecule has 0 saturated heterocycles. The summed E-state index contributed by atoms with van der Waals surface area (Å²) in [6.07, 6.45) is 1.33. The van der Waals surface area contributed by atoms with E-state index < -0.39 is 5.56 Å². The topological polar surface area (TPSA) is 94.7 Å². The molecule has 0 fully saturated rings. The van der Waals surface area contributed by atoms with Gasteiger partial charge < -0.3 is 5.32 Å². The minimum atomic E-state index is -0.397. The summed E-state index contributed by atoms with van der Waals surface area (Å²) >= 11 is 0. The highest BCUT2D eigenvalue weighted by molar-refractivity contribution is 6.02. The molecule has 4 aromatic rings. The Balaban J connectivity index is 1.62. The lowest BCUT2D eigenvalue weighted by atomic mass is 10.1. The van der Waals surface area contributed by atoms with E-state index >= 15 is 0 Å². The van der Waals surface area contributed by atoms with Crippen molar-refractivity contribution in [3.8, 4) is 0 Å². The molecule has 124 valence electrons. The van der Waals surface area contributed by atoms with Crippen molar-refractivity contribution in [1.82, 2.24) is 24.5 Å². The van der Waals surface area contributed by atoms with Gasteiger partial charge in [-0.3, -0.25) is 14.2 Å². The fourth-order valence-electron chi connectivity index (χ4n) is 2.74. The summed E-state index contributed by atoms with van der Waals surface area (Å²) in [6, 6.07) is 13.4. The van der Waals surface area contributed by atoms with E-state index in [4.69, 9.17) is 0 Å². The molecular formula is C17H14N6O2. The molecule has 0 aliphatic carbocycles. The van der Waals surface area contributed by atoms with Gasteiger partial charge in [-0.1, -0.05) is 41.6 Å². The highest BCUT2D eigenvalue weighted by Crippen LogP contribution is 2.22. The molecule has 0 bridgehead atoms. The Hall–Kier alpha value is -3.55. The number of carbonyl (C=O) groups excluding carboxylic acids is 1. The van der Waals surface area contributed by atoms with Crippen LogP contribution in [0.5, 0.6) is 0 Å². The van der Waals surface area contributed by atoms with Crippen molar-refractivity contribution in [3.63, 3.8) is 0 Å². The van der Waals surface area contributed by atoms with Gasteiger partial charge in [-0.15, -0.1) is 5.10 Å². The van der Waals surface area contributed by atoms with E-state index in [9.17, 15) is 9.59 Å². The standard InChI is InChI=1S/C17H14N6O2/c1-22-16-15(20-21-22)17(25)23(10-18-16)9-14(24)19-13-8-4-6-11-5-2-3-7-12(11)13/h2-8,10H,9H2,1H3,(H,19,24). The highest BCUT2D eigenvalue weighted by atomic mass is 16.2. The third-order valence-electron chi connectivity index (χ3n) is 3.96. The number of hydrogen-bond donors (Lipinski definition) is 1. The van der Waals surface area contributed by atoms with Crippen LogP contribution in [0.25, 0.3) is 21.9 Å². The fraction of sp³-hybridized carbons (Fsp3) is 0.118. The molecule has 0 atom stereocenters. The van der Waals surface area contributed by atoms with E-state index in [1.54, 1.807) is 7.05 Å². The van der Waals surface area contributed by atoms with E-state index in [1.165, 1.54) is 15.6 Å². The van der Waals surface area contributed by atoms with Gasteiger partial charge in [0, 0.05) is 18.1 Å². The van der Waals surface area contributed by atoms with Crippen LogP contribution < -0.4 is 10.9 Å². The molecule has 0 spiro atoms. The van der Waals surface area contributed by atoms with Gasteiger partial charge in [-0.2, -0.15) is 0 Å². The van der Waals surface area contributed by atoms with Crippen LogP contribution in [0.15, 0.2) is 53.6 Å². The average molecular weight is 334 g/mol. The molecular weight excluding hydrogens is 320 g/mol. The number of fused-ring (bicyclic) bond motifs is 2. The van der Waals surface area contributed by atoms with E-state index in [0.717, 1.165) is 10.8 Å². The third-order valence-corrected chi connectivity index (χ3v) is 3.96. The van der Waals surface area contributed by atoms with Crippen molar-refractivity contribution >= 4 is 33.5 Å². The molecule has 0 saturated carbocycles. The summed E-state index contributed by atoms with van der Waals surface area (Å²) in [6.45, 7) is -0.151. The van der Waals surface area contributed by atoms with Gasteiger partial charge in [0.1, 0.15) is 12.9 Å². The summed E-state index contributed by atoms with van der Waals surface area (Å²) in [7, 11) is 1.65. The summed E-state index contributed by atoms with van der Waals surface area (Å²) in [5.41, 5.74) is 0.828. The van der Waals surface area contributed by atoms with Gasteiger partial charge in [0.25, 0.3) is 5.56 Å². The minimum absolute atomic E-state index is 0.142. The second-order valence-corrected chi connectivity index (χ2v) is 5.64. The maximum atomic E-state index is 12.4. The van der Waals surface area contributed by atoms with Crippen molar-refractivity contribution in [3.05, 3.63) is 59.1 Å². The number of hydrogen-bond acceptors (Lipinski definition) is 5. The van der Waals surface area contributed by atoms with Crippen molar-refractivity contribution in [2.24, 2.45) is 7.05 Å². The minimum Gasteiger partial charge on any atom is -0.324 e. The van der Waals surface area contributed by atoms with E-state index in [0.29, 0.717) is 11.3 Å². The van der Waals surface area contributed by atoms with Crippen molar-refractivity contribution in [2.75, 3.05) is 5.32 Å². The number of amides is 1. The lowest BCUT2D eigenvalue weighted by molar-refractivity contribution is -0.116. The molecule has 1 amide bonds. The van der Waals surface area contributed by atoms with Crippen LogP contribution in [0, 0.1) is 0 Å². The molecule has 8 nitrogen and oxygen atoms in total. The predicted molar refractivity (Wildman–Crippen MR) is 93.1 cm³/mol. The predicted octanol–water partition coefficient (Wildman–Crippen LogP) is 1.32. The molecule has 0 unspecified atom stereocenters. The summed E-state index contributed by atoms with van der Waals surface area (Å²) < 4.78 is 2.63. The second kappa shape index (κ2) is 5.82. The maximum Gasteiger partial charge on any atom is 0.283 e. The number of rotatable bonds is 3. The fourth-order valence-corrected chi connectivity index (χ4v) is 2.74. The molecule has 1 N–H and O–H groups in total. The van der Waals surface area contributed by atoms with Gasteiger partial charge in [-0.05, 0) is 11.5 Å². The summed E-state index contributed by atoms with van der Waals surface area (Å²) in [4.78, 5) is 28.9. The number of nitrogens with zero attached hydrogens (tertiary/aromatic N) is 5. The van der Waals surface area contributed by atoms with Crippen molar-refractivity contribution < 1.29 is 4.79 Å². The zero-order chi connectivity index (χ0) is 17.4. The van der Waals surface area contributed by atoms with Crippen LogP contribution in [0.1, 0.15) is 0 Å². The van der Waals surface area contributed by atoms with Crippen LogP contribution >= 0.6 is 0 Å². The number of aromatic nitrogens is 5. The van der Waals surface area contributed by atoms with Crippen LogP contribution in [-0.4, -0.2) is 30.5 Å². The Kier molecular flexibility index (Phi) is 3.50. The van der Waals surface area contributed by atoms with Gasteiger partial charge >= 0.3 is 0 Å². The number of anilines is 1. The molecule has 2 heterocycles. The Morgan fingerprint density at radius 1 is 1.16 bits per heavy atom. The molecule has 25 heavy (non-hydrogen) atoms. The van der Waals surface area contributed by atoms with Crippen LogP contribution in [-0.2, 0) is 18.4 Å². The number of aryl methyl sites for hydroxylation is 1. The highest BCUT2D eigenvalue weighted by Gasteiger charge is 2.13. The van der Waals surface area contributed by atoms with Crippen LogP contribution in [0.4, 0.5) is 5.69 Å². The lowest BCUT2D eigenvalue weighted by Gasteiger charge is -2.09. The van der Waals surface area contributed by atoms with E-state index in [1.807, 2.05) is 42.5 Å². The van der Waals surface area contributed by atoms with Gasteiger partial charge in [-0.25, -0.2) is 9.67 Å². The Labute approximate surface area is 141 Å². The average Bonchev–Trinajstić information content (AvgIpc) is 2.99. The lowest BCUT2D eigenvalue weighted by Crippen LogP contribution is -2.28. The first-order chi connectivity index (χ1) is 12.1. The van der Waals surface area contributed by atoms with E-state index in [-0.39, 0.29) is 18.0 Å². The first-order valence-corrected chi connectivity index (χ1v) is 7.66. The largest absolute Gasteiger partial charge is 0.324 e. The van der Waals surface area contributed by atoms with Gasteiger partial charge in [0.2, 0.25) is 5.91 Å². The van der Waals surface area contributed by atoms with Crippen LogP contribution in [0.2, 0.25) is 0 Å². The monoisotopic (exact) mass is 334 g/mol. The van der Waals surface area contributed by atoms with Crippen molar-refractivity contribution in [1.29, 1.82) is 0 Å². The molecule has 0 aliphatic rings. The molecule has 2 aromatic heterocycles. The van der Waals surface area contributed by atoms with Crippen molar-refractivity contribution in [2.45, 2.75) is 6.54 Å². The van der Waals surface area contributed by atoms with Crippen LogP contribution in [0.3, 0.4) is 0 Å². The molecule has 2 aromatic carbocycles. The molecule has 0 radical (unpaired) electrons. The quantitative estimate of drug-likeness (QED) is 0.610. The van der Waals surface area contributed by atoms with Gasteiger partial charge in [0.15, 0.2) is 11.2 Å². The first kappa shape index (κ1) is 15.0. The zero-order valence-corrected chi connectivity index (χ0v) is 13.4. The molecule has 0 aliphatic heterocycles. The summed E-state index contributed by atoms with van der Waals surface area (Å²) in [5.74, 6) is -0.316. The van der Waals surface area contributed by atoms with Gasteiger partial charge in [0.05, 0.1) is 0 Å². The first-order valence-electron chi connectivity index (χ1n) is 7.66. The Bertz CT molecular complexity index is 1160. The normalized spacial score (nSPS) is 11.1. The van der Waals surface area contributed by atoms with E-state index in [2.05, 4.69) is 20.6 Å². The zero-order valence-electron chi connectivity index (χ0n) is 13.4. The Morgan fingerprint density at radius 2 is 1.96 bits per heavy atom. The second-order valence-electron chi connectivity index (χ2n) is 5.64. The molecule has 8 heteroatoms. The number of nitrogens with one attached hydrogen (secondary N) is 1. The number of benzene rings is 2. The third kappa shape index (κ3) is 2.63. The SMILES string of the molecule is Cn1nnc2c(=O)n(CC(=O)Nc3cccc4ccccc34)cnc21. The smallest absolute Gasteiger partial charge is 0.283 e. The maximum absolute atomic E-state index is 12.4. The Morgan fingerprint density at radius 3 is 2.84 bits per heavy atom.